The lowest BCUT2D eigenvalue weighted by molar-refractivity contribution is 0.137. The van der Waals surface area contributed by atoms with Crippen molar-refractivity contribution >= 4 is 0 Å². The minimum absolute atomic E-state index is 0.308. The Kier molecular flexibility index (Phi) is 2.74. The average Bonchev–Trinajstić information content (AvgIpc) is 2.69. The van der Waals surface area contributed by atoms with Crippen LogP contribution in [0.25, 0.3) is 0 Å². The van der Waals surface area contributed by atoms with Crippen molar-refractivity contribution in [3.63, 3.8) is 0 Å². The summed E-state index contributed by atoms with van der Waals surface area (Å²) in [5, 5.41) is 12.4. The second-order valence-electron chi connectivity index (χ2n) is 4.99. The van der Waals surface area contributed by atoms with E-state index < -0.39 is 0 Å². The molecule has 2 unspecified atom stereocenters. The molecule has 3 nitrogen and oxygen atoms in total. The maximum absolute atomic E-state index is 8.85. The Balaban J connectivity index is 1.68. The minimum atomic E-state index is 0.308. The van der Waals surface area contributed by atoms with Gasteiger partial charge in [-0.2, -0.15) is 5.26 Å². The molecule has 17 heavy (non-hydrogen) atoms. The largest absolute Gasteiger partial charge is 0.490 e. The van der Waals surface area contributed by atoms with Crippen LogP contribution >= 0.6 is 0 Å². The van der Waals surface area contributed by atoms with Gasteiger partial charge in [-0.15, -0.1) is 0 Å². The highest BCUT2D eigenvalue weighted by molar-refractivity contribution is 5.36. The van der Waals surface area contributed by atoms with Crippen molar-refractivity contribution in [2.24, 2.45) is 0 Å². The minimum Gasteiger partial charge on any atom is -0.490 e. The van der Waals surface area contributed by atoms with E-state index in [-0.39, 0.29) is 0 Å². The van der Waals surface area contributed by atoms with Crippen LogP contribution in [0.2, 0.25) is 0 Å². The normalized spacial score (nSPS) is 30.9. The highest BCUT2D eigenvalue weighted by Gasteiger charge is 2.34. The Labute approximate surface area is 101 Å². The number of rotatable bonds is 2. The summed E-state index contributed by atoms with van der Waals surface area (Å²) < 4.78 is 5.99. The Bertz CT molecular complexity index is 440. The van der Waals surface area contributed by atoms with Crippen LogP contribution in [0.4, 0.5) is 0 Å². The zero-order chi connectivity index (χ0) is 11.7. The first-order chi connectivity index (χ1) is 8.33. The summed E-state index contributed by atoms with van der Waals surface area (Å²) in [7, 11) is 0. The average molecular weight is 228 g/mol. The van der Waals surface area contributed by atoms with Gasteiger partial charge < -0.3 is 10.1 Å². The maximum atomic E-state index is 8.85. The molecular formula is C14H16N2O. The van der Waals surface area contributed by atoms with E-state index in [0.29, 0.717) is 23.8 Å². The second-order valence-corrected chi connectivity index (χ2v) is 4.99. The third-order valence-electron chi connectivity index (χ3n) is 3.70. The van der Waals surface area contributed by atoms with Crippen LogP contribution in [0.5, 0.6) is 5.75 Å². The highest BCUT2D eigenvalue weighted by Crippen LogP contribution is 2.29. The fourth-order valence-corrected chi connectivity index (χ4v) is 2.93. The van der Waals surface area contributed by atoms with Gasteiger partial charge >= 0.3 is 0 Å². The van der Waals surface area contributed by atoms with E-state index in [0.717, 1.165) is 18.6 Å². The molecule has 2 saturated heterocycles. The van der Waals surface area contributed by atoms with Crippen molar-refractivity contribution in [2.45, 2.75) is 43.9 Å². The van der Waals surface area contributed by atoms with Gasteiger partial charge in [-0.1, -0.05) is 6.07 Å². The monoisotopic (exact) mass is 228 g/mol. The van der Waals surface area contributed by atoms with E-state index in [1.54, 1.807) is 6.07 Å². The molecule has 0 spiro atoms. The molecule has 2 atom stereocenters. The summed E-state index contributed by atoms with van der Waals surface area (Å²) in [5.41, 5.74) is 0.666. The Morgan fingerprint density at radius 2 is 2.00 bits per heavy atom. The third-order valence-corrected chi connectivity index (χ3v) is 3.70. The molecule has 0 radical (unpaired) electrons. The van der Waals surface area contributed by atoms with Crippen LogP contribution < -0.4 is 10.1 Å². The Morgan fingerprint density at radius 1 is 1.24 bits per heavy atom. The predicted molar refractivity (Wildman–Crippen MR) is 64.8 cm³/mol. The molecule has 2 aliphatic rings. The van der Waals surface area contributed by atoms with Crippen LogP contribution in [0.15, 0.2) is 24.3 Å². The highest BCUT2D eigenvalue weighted by atomic mass is 16.5. The van der Waals surface area contributed by atoms with Gasteiger partial charge in [0.05, 0.1) is 11.6 Å². The van der Waals surface area contributed by atoms with Crippen molar-refractivity contribution in [3.05, 3.63) is 29.8 Å². The van der Waals surface area contributed by atoms with Crippen LogP contribution in [0, 0.1) is 11.3 Å². The van der Waals surface area contributed by atoms with Crippen molar-refractivity contribution in [1.82, 2.24) is 5.32 Å². The zero-order valence-corrected chi connectivity index (χ0v) is 9.73. The molecule has 0 saturated carbocycles. The van der Waals surface area contributed by atoms with Gasteiger partial charge in [-0.05, 0) is 43.9 Å². The molecule has 0 aliphatic carbocycles. The lowest BCUT2D eigenvalue weighted by Crippen LogP contribution is -2.42. The number of fused-ring (bicyclic) bond motifs is 2. The topological polar surface area (TPSA) is 45.0 Å². The molecule has 0 aromatic heterocycles. The molecule has 88 valence electrons. The first-order valence-electron chi connectivity index (χ1n) is 6.26. The van der Waals surface area contributed by atoms with Crippen molar-refractivity contribution in [2.75, 3.05) is 0 Å². The second kappa shape index (κ2) is 4.38. The SMILES string of the molecule is N#Cc1cccc(OC2CC3CCC(C2)N3)c1. The van der Waals surface area contributed by atoms with Gasteiger partial charge in [0.2, 0.25) is 0 Å². The molecule has 2 bridgehead atoms. The van der Waals surface area contributed by atoms with Crippen LogP contribution in [0.1, 0.15) is 31.2 Å². The smallest absolute Gasteiger partial charge is 0.121 e. The molecule has 1 N–H and O–H groups in total. The standard InChI is InChI=1S/C14H16N2O/c15-9-10-2-1-3-13(6-10)17-14-7-11-4-5-12(8-14)16-11/h1-3,6,11-12,14,16H,4-5,7-8H2. The summed E-state index contributed by atoms with van der Waals surface area (Å²) >= 11 is 0. The third kappa shape index (κ3) is 2.27. The van der Waals surface area contributed by atoms with Crippen molar-refractivity contribution in [1.29, 1.82) is 5.26 Å². The van der Waals surface area contributed by atoms with E-state index in [1.165, 1.54) is 12.8 Å². The van der Waals surface area contributed by atoms with Crippen LogP contribution in [0.3, 0.4) is 0 Å². The molecular weight excluding hydrogens is 212 g/mol. The van der Waals surface area contributed by atoms with Gasteiger partial charge in [0.25, 0.3) is 0 Å². The number of hydrogen-bond donors (Lipinski definition) is 1. The first-order valence-corrected chi connectivity index (χ1v) is 6.26. The summed E-state index contributed by atoms with van der Waals surface area (Å²) in [6, 6.07) is 10.9. The van der Waals surface area contributed by atoms with Gasteiger partial charge in [-0.3, -0.25) is 0 Å². The Hall–Kier alpha value is -1.53. The summed E-state index contributed by atoms with van der Waals surface area (Å²) in [4.78, 5) is 0. The summed E-state index contributed by atoms with van der Waals surface area (Å²) in [6.07, 6.45) is 5.05. The van der Waals surface area contributed by atoms with E-state index in [1.807, 2.05) is 18.2 Å². The molecule has 2 heterocycles. The van der Waals surface area contributed by atoms with E-state index in [4.69, 9.17) is 10.00 Å². The summed E-state index contributed by atoms with van der Waals surface area (Å²) in [5.74, 6) is 0.829. The van der Waals surface area contributed by atoms with Crippen LogP contribution in [-0.2, 0) is 0 Å². The van der Waals surface area contributed by atoms with Gasteiger partial charge in [0, 0.05) is 12.1 Å². The van der Waals surface area contributed by atoms with Gasteiger partial charge in [0.15, 0.2) is 0 Å². The van der Waals surface area contributed by atoms with E-state index in [2.05, 4.69) is 11.4 Å². The molecule has 2 fully saturated rings. The van der Waals surface area contributed by atoms with E-state index >= 15 is 0 Å². The number of nitrogens with one attached hydrogen (secondary N) is 1. The number of hydrogen-bond acceptors (Lipinski definition) is 3. The number of ether oxygens (including phenoxy) is 1. The molecule has 1 aromatic carbocycles. The molecule has 2 aliphatic heterocycles. The molecule has 1 aromatic rings. The first kappa shape index (κ1) is 10.6. The molecule has 0 amide bonds. The number of nitrogens with zero attached hydrogens (tertiary/aromatic N) is 1. The van der Waals surface area contributed by atoms with Crippen LogP contribution in [-0.4, -0.2) is 18.2 Å². The van der Waals surface area contributed by atoms with E-state index in [9.17, 15) is 0 Å². The summed E-state index contributed by atoms with van der Waals surface area (Å²) in [6.45, 7) is 0. The Morgan fingerprint density at radius 3 is 2.71 bits per heavy atom. The predicted octanol–water partition coefficient (Wildman–Crippen LogP) is 2.22. The fourth-order valence-electron chi connectivity index (χ4n) is 2.93. The number of benzene rings is 1. The quantitative estimate of drug-likeness (QED) is 0.844. The lowest BCUT2D eigenvalue weighted by atomic mass is 10.0. The number of piperidine rings is 1. The zero-order valence-electron chi connectivity index (χ0n) is 9.73. The fraction of sp³-hybridized carbons (Fsp3) is 0.500. The molecule has 3 rings (SSSR count). The molecule has 3 heteroatoms. The van der Waals surface area contributed by atoms with Crippen molar-refractivity contribution < 1.29 is 4.74 Å². The van der Waals surface area contributed by atoms with Gasteiger partial charge in [-0.25, -0.2) is 0 Å². The maximum Gasteiger partial charge on any atom is 0.121 e. The lowest BCUT2D eigenvalue weighted by Gasteiger charge is -2.29. The van der Waals surface area contributed by atoms with Gasteiger partial charge in [0.1, 0.15) is 11.9 Å². The van der Waals surface area contributed by atoms with Crippen molar-refractivity contribution in [3.8, 4) is 11.8 Å². The number of nitriles is 1.